The fourth-order valence-corrected chi connectivity index (χ4v) is 1.89. The summed E-state index contributed by atoms with van der Waals surface area (Å²) in [6.07, 6.45) is 1.37. The lowest BCUT2D eigenvalue weighted by Crippen LogP contribution is -2.25. The topological polar surface area (TPSA) is 89.6 Å². The van der Waals surface area contributed by atoms with Crippen LogP contribution in [0.2, 0.25) is 0 Å². The van der Waals surface area contributed by atoms with E-state index in [2.05, 4.69) is 15.0 Å². The lowest BCUT2D eigenvalue weighted by atomic mass is 10.2. The molecule has 0 unspecified atom stereocenters. The van der Waals surface area contributed by atoms with Gasteiger partial charge in [0.15, 0.2) is 11.2 Å². The third-order valence-electron chi connectivity index (χ3n) is 2.86. The number of fused-ring (bicyclic) bond motifs is 1. The van der Waals surface area contributed by atoms with Gasteiger partial charge in [-0.05, 0) is 6.07 Å². The van der Waals surface area contributed by atoms with Crippen molar-refractivity contribution in [2.24, 2.45) is 0 Å². The predicted molar refractivity (Wildman–Crippen MR) is 68.1 cm³/mol. The molecular formula is C12H10FN5O. The van der Waals surface area contributed by atoms with Gasteiger partial charge in [-0.3, -0.25) is 9.36 Å². The molecule has 0 aliphatic heterocycles. The van der Waals surface area contributed by atoms with Gasteiger partial charge in [-0.1, -0.05) is 18.2 Å². The van der Waals surface area contributed by atoms with E-state index in [4.69, 9.17) is 5.73 Å². The first-order valence-electron chi connectivity index (χ1n) is 5.59. The summed E-state index contributed by atoms with van der Waals surface area (Å²) >= 11 is 0. The number of hydrogen-bond acceptors (Lipinski definition) is 4. The van der Waals surface area contributed by atoms with Crippen LogP contribution in [0.3, 0.4) is 0 Å². The Balaban J connectivity index is 2.15. The quantitative estimate of drug-likeness (QED) is 0.715. The van der Waals surface area contributed by atoms with Gasteiger partial charge >= 0.3 is 0 Å². The lowest BCUT2D eigenvalue weighted by Gasteiger charge is -2.09. The van der Waals surface area contributed by atoms with Crippen molar-refractivity contribution in [2.75, 3.05) is 5.73 Å². The second-order valence-corrected chi connectivity index (χ2v) is 4.05. The number of imidazole rings is 1. The van der Waals surface area contributed by atoms with Gasteiger partial charge in [-0.15, -0.1) is 0 Å². The van der Waals surface area contributed by atoms with E-state index in [9.17, 15) is 9.18 Å². The van der Waals surface area contributed by atoms with E-state index in [1.54, 1.807) is 18.2 Å². The Morgan fingerprint density at radius 2 is 2.16 bits per heavy atom. The van der Waals surface area contributed by atoms with Crippen LogP contribution >= 0.6 is 0 Å². The number of nitrogens with one attached hydrogen (secondary N) is 1. The SMILES string of the molecule is Nc1nc2[nH]cnc2c(=O)n1Cc1ccccc1F. The molecular weight excluding hydrogens is 249 g/mol. The Morgan fingerprint density at radius 1 is 1.37 bits per heavy atom. The normalized spacial score (nSPS) is 11.0. The summed E-state index contributed by atoms with van der Waals surface area (Å²) in [6, 6.07) is 6.20. The molecule has 3 aromatic rings. The Kier molecular flexibility index (Phi) is 2.52. The third kappa shape index (κ3) is 1.85. The highest BCUT2D eigenvalue weighted by atomic mass is 19.1. The number of rotatable bonds is 2. The van der Waals surface area contributed by atoms with Gasteiger partial charge < -0.3 is 10.7 Å². The highest BCUT2D eigenvalue weighted by Gasteiger charge is 2.12. The van der Waals surface area contributed by atoms with Gasteiger partial charge in [0, 0.05) is 5.56 Å². The van der Waals surface area contributed by atoms with Crippen molar-refractivity contribution < 1.29 is 4.39 Å². The molecule has 3 N–H and O–H groups in total. The number of hydrogen-bond donors (Lipinski definition) is 2. The highest BCUT2D eigenvalue weighted by molar-refractivity contribution is 5.69. The molecule has 7 heteroatoms. The molecule has 0 spiro atoms. The van der Waals surface area contributed by atoms with Crippen molar-refractivity contribution in [1.82, 2.24) is 19.5 Å². The Labute approximate surface area is 106 Å². The average molecular weight is 259 g/mol. The zero-order valence-corrected chi connectivity index (χ0v) is 9.80. The van der Waals surface area contributed by atoms with Crippen LogP contribution in [0.1, 0.15) is 5.56 Å². The van der Waals surface area contributed by atoms with Crippen molar-refractivity contribution in [2.45, 2.75) is 6.54 Å². The van der Waals surface area contributed by atoms with Gasteiger partial charge in [0.2, 0.25) is 5.95 Å². The second kappa shape index (κ2) is 4.20. The van der Waals surface area contributed by atoms with E-state index >= 15 is 0 Å². The first-order chi connectivity index (χ1) is 9.16. The first-order valence-corrected chi connectivity index (χ1v) is 5.59. The highest BCUT2D eigenvalue weighted by Crippen LogP contribution is 2.10. The first kappa shape index (κ1) is 11.4. The molecule has 0 aliphatic rings. The van der Waals surface area contributed by atoms with Crippen LogP contribution in [0, 0.1) is 5.82 Å². The molecule has 19 heavy (non-hydrogen) atoms. The van der Waals surface area contributed by atoms with Crippen LogP contribution in [0.15, 0.2) is 35.4 Å². The standard InChI is InChI=1S/C12H10FN5O/c13-8-4-2-1-3-7(8)5-18-11(19)9-10(16-6-15-9)17-12(18)14/h1-4,6H,5H2,(H2,14,17)(H,15,16). The number of halogens is 1. The Morgan fingerprint density at radius 3 is 2.95 bits per heavy atom. The van der Waals surface area contributed by atoms with E-state index in [0.717, 1.165) is 0 Å². The van der Waals surface area contributed by atoms with Crippen LogP contribution in [-0.2, 0) is 6.54 Å². The van der Waals surface area contributed by atoms with E-state index in [-0.39, 0.29) is 18.0 Å². The minimum atomic E-state index is -0.396. The number of nitrogen functional groups attached to an aromatic ring is 1. The molecule has 96 valence electrons. The van der Waals surface area contributed by atoms with Crippen LogP contribution in [0.4, 0.5) is 10.3 Å². The zero-order chi connectivity index (χ0) is 13.4. The van der Waals surface area contributed by atoms with Crippen molar-refractivity contribution in [3.05, 3.63) is 52.3 Å². The Bertz CT molecular complexity index is 807. The molecule has 0 amide bonds. The van der Waals surface area contributed by atoms with E-state index < -0.39 is 11.4 Å². The van der Waals surface area contributed by atoms with Gasteiger partial charge in [-0.2, -0.15) is 4.98 Å². The van der Waals surface area contributed by atoms with Crippen molar-refractivity contribution in [3.63, 3.8) is 0 Å². The predicted octanol–water partition coefficient (Wildman–Crippen LogP) is 0.889. The minimum absolute atomic E-state index is 0.0185. The Hall–Kier alpha value is -2.70. The maximum atomic E-state index is 13.6. The van der Waals surface area contributed by atoms with Crippen molar-refractivity contribution in [3.8, 4) is 0 Å². The molecule has 2 aromatic heterocycles. The molecule has 0 radical (unpaired) electrons. The monoisotopic (exact) mass is 259 g/mol. The molecule has 0 saturated heterocycles. The number of H-pyrrole nitrogens is 1. The van der Waals surface area contributed by atoms with Crippen LogP contribution in [-0.4, -0.2) is 19.5 Å². The number of anilines is 1. The summed E-state index contributed by atoms with van der Waals surface area (Å²) in [4.78, 5) is 22.8. The van der Waals surface area contributed by atoms with E-state index in [1.165, 1.54) is 17.0 Å². The molecule has 0 aliphatic carbocycles. The summed E-state index contributed by atoms with van der Waals surface area (Å²) < 4.78 is 14.8. The molecule has 0 fully saturated rings. The molecule has 2 heterocycles. The zero-order valence-electron chi connectivity index (χ0n) is 9.80. The van der Waals surface area contributed by atoms with E-state index in [0.29, 0.717) is 11.2 Å². The third-order valence-corrected chi connectivity index (χ3v) is 2.86. The minimum Gasteiger partial charge on any atom is -0.369 e. The lowest BCUT2D eigenvalue weighted by molar-refractivity contribution is 0.597. The summed E-state index contributed by atoms with van der Waals surface area (Å²) in [7, 11) is 0. The smallest absolute Gasteiger partial charge is 0.283 e. The fraction of sp³-hybridized carbons (Fsp3) is 0.0833. The number of benzene rings is 1. The number of aromatic amines is 1. The molecule has 0 atom stereocenters. The summed E-state index contributed by atoms with van der Waals surface area (Å²) in [5, 5.41) is 0. The fourth-order valence-electron chi connectivity index (χ4n) is 1.89. The summed E-state index contributed by atoms with van der Waals surface area (Å²) in [5.74, 6) is -0.374. The second-order valence-electron chi connectivity index (χ2n) is 4.05. The molecule has 3 rings (SSSR count). The molecule has 1 aromatic carbocycles. The maximum absolute atomic E-state index is 13.6. The van der Waals surface area contributed by atoms with Crippen LogP contribution in [0.5, 0.6) is 0 Å². The summed E-state index contributed by atoms with van der Waals surface area (Å²) in [6.45, 7) is 0.0210. The number of nitrogens with zero attached hydrogens (tertiary/aromatic N) is 3. The van der Waals surface area contributed by atoms with Crippen LogP contribution < -0.4 is 11.3 Å². The van der Waals surface area contributed by atoms with Crippen LogP contribution in [0.25, 0.3) is 11.2 Å². The van der Waals surface area contributed by atoms with Crippen molar-refractivity contribution >= 4 is 17.1 Å². The number of nitrogens with two attached hydrogens (primary N) is 1. The van der Waals surface area contributed by atoms with Crippen molar-refractivity contribution in [1.29, 1.82) is 0 Å². The molecule has 0 saturated carbocycles. The van der Waals surface area contributed by atoms with Gasteiger partial charge in [-0.25, -0.2) is 9.37 Å². The van der Waals surface area contributed by atoms with E-state index in [1.807, 2.05) is 0 Å². The van der Waals surface area contributed by atoms with Gasteiger partial charge in [0.1, 0.15) is 5.82 Å². The maximum Gasteiger partial charge on any atom is 0.283 e. The summed E-state index contributed by atoms with van der Waals surface area (Å²) in [5.41, 5.74) is 6.21. The molecule has 6 nitrogen and oxygen atoms in total. The van der Waals surface area contributed by atoms with Gasteiger partial charge in [0.25, 0.3) is 5.56 Å². The number of aromatic nitrogens is 4. The van der Waals surface area contributed by atoms with Gasteiger partial charge in [0.05, 0.1) is 12.9 Å². The largest absolute Gasteiger partial charge is 0.369 e. The average Bonchev–Trinajstić information content (AvgIpc) is 2.84. The molecule has 0 bridgehead atoms.